The molecule has 0 bridgehead atoms. The molecule has 2 aromatic carbocycles. The average molecular weight is 467 g/mol. The molecule has 1 aliphatic heterocycles. The number of nitrogens with zero attached hydrogens (tertiary/aromatic N) is 3. The van der Waals surface area contributed by atoms with Crippen molar-refractivity contribution in [2.75, 3.05) is 57.1 Å². The summed E-state index contributed by atoms with van der Waals surface area (Å²) in [6.45, 7) is 9.51. The Hall–Kier alpha value is -3.43. The first-order chi connectivity index (χ1) is 16.5. The van der Waals surface area contributed by atoms with E-state index < -0.39 is 5.82 Å². The molecule has 34 heavy (non-hydrogen) atoms. The van der Waals surface area contributed by atoms with Gasteiger partial charge in [0.2, 0.25) is 5.95 Å². The van der Waals surface area contributed by atoms with E-state index in [0.717, 1.165) is 72.9 Å². The molecule has 3 N–H and O–H groups in total. The zero-order valence-electron chi connectivity index (χ0n) is 19.8. The van der Waals surface area contributed by atoms with Crippen LogP contribution in [0.4, 0.5) is 27.5 Å². The van der Waals surface area contributed by atoms with Gasteiger partial charge in [-0.3, -0.25) is 4.90 Å². The molecule has 8 nitrogen and oxygen atoms in total. The molecule has 0 radical (unpaired) electrons. The summed E-state index contributed by atoms with van der Waals surface area (Å²) in [5.41, 5.74) is 3.38. The number of halogens is 1. The standard InChI is InChI=1S/C25H31FN6O2/c1-17-13-20(14-18(2)23(17)33-3)29-24-22(26)16-28-25(31-24)30-19-5-4-6-21(15-19)34-12-11-32-9-7-27-8-10-32/h4-6,13-16,27H,7-12H2,1-3H3,(H2,28,29,30,31). The van der Waals surface area contributed by atoms with Crippen LogP contribution in [0.15, 0.2) is 42.6 Å². The molecule has 0 unspecified atom stereocenters. The fourth-order valence-electron chi connectivity index (χ4n) is 4.02. The number of anilines is 4. The second kappa shape index (κ2) is 11.1. The van der Waals surface area contributed by atoms with Gasteiger partial charge in [-0.25, -0.2) is 9.37 Å². The van der Waals surface area contributed by atoms with Gasteiger partial charge in [0.25, 0.3) is 0 Å². The highest BCUT2D eigenvalue weighted by Gasteiger charge is 2.12. The van der Waals surface area contributed by atoms with Gasteiger partial charge in [-0.05, 0) is 49.2 Å². The van der Waals surface area contributed by atoms with E-state index in [2.05, 4.69) is 30.8 Å². The number of nitrogens with one attached hydrogen (secondary N) is 3. The summed E-state index contributed by atoms with van der Waals surface area (Å²) in [6, 6.07) is 11.4. The zero-order valence-corrected chi connectivity index (χ0v) is 19.8. The molecule has 1 aliphatic rings. The molecule has 0 atom stereocenters. The van der Waals surface area contributed by atoms with Gasteiger partial charge in [-0.2, -0.15) is 4.98 Å². The van der Waals surface area contributed by atoms with Gasteiger partial charge in [0.1, 0.15) is 18.1 Å². The summed E-state index contributed by atoms with van der Waals surface area (Å²) in [6.07, 6.45) is 1.15. The van der Waals surface area contributed by atoms with E-state index in [1.54, 1.807) is 7.11 Å². The number of aryl methyl sites for hydroxylation is 2. The molecule has 0 saturated carbocycles. The molecule has 0 aliphatic carbocycles. The number of piperazine rings is 1. The summed E-state index contributed by atoms with van der Waals surface area (Å²) >= 11 is 0. The maximum atomic E-state index is 14.4. The molecule has 9 heteroatoms. The van der Waals surface area contributed by atoms with Gasteiger partial charge in [0.05, 0.1) is 13.3 Å². The number of hydrogen-bond acceptors (Lipinski definition) is 8. The Morgan fingerprint density at radius 1 is 1.06 bits per heavy atom. The summed E-state index contributed by atoms with van der Waals surface area (Å²) < 4.78 is 25.8. The number of rotatable bonds is 9. The number of hydrogen-bond donors (Lipinski definition) is 3. The van der Waals surface area contributed by atoms with E-state index in [1.807, 2.05) is 50.2 Å². The maximum Gasteiger partial charge on any atom is 0.229 e. The van der Waals surface area contributed by atoms with Crippen LogP contribution in [-0.4, -0.2) is 61.3 Å². The van der Waals surface area contributed by atoms with Gasteiger partial charge in [-0.15, -0.1) is 0 Å². The first kappa shape index (κ1) is 23.7. The predicted molar refractivity (Wildman–Crippen MR) is 132 cm³/mol. The quantitative estimate of drug-likeness (QED) is 0.436. The number of methoxy groups -OCH3 is 1. The first-order valence-corrected chi connectivity index (χ1v) is 11.4. The topological polar surface area (TPSA) is 83.6 Å². The summed E-state index contributed by atoms with van der Waals surface area (Å²) in [5.74, 6) is 1.39. The Labute approximate surface area is 199 Å². The second-order valence-electron chi connectivity index (χ2n) is 8.25. The summed E-state index contributed by atoms with van der Waals surface area (Å²) in [7, 11) is 1.64. The van der Waals surface area contributed by atoms with E-state index in [-0.39, 0.29) is 11.8 Å². The monoisotopic (exact) mass is 466 g/mol. The normalized spacial score (nSPS) is 14.0. The molecular weight excluding hydrogens is 435 g/mol. The Morgan fingerprint density at radius 3 is 2.56 bits per heavy atom. The highest BCUT2D eigenvalue weighted by atomic mass is 19.1. The Balaban J connectivity index is 1.40. The zero-order chi connectivity index (χ0) is 23.9. The third-order valence-electron chi connectivity index (χ3n) is 5.65. The SMILES string of the molecule is COc1c(C)cc(Nc2nc(Nc3cccc(OCCN4CCNCC4)c3)ncc2F)cc1C. The average Bonchev–Trinajstić information content (AvgIpc) is 2.82. The lowest BCUT2D eigenvalue weighted by atomic mass is 10.1. The minimum atomic E-state index is -0.540. The molecule has 1 saturated heterocycles. The van der Waals surface area contributed by atoms with Crippen LogP contribution in [0, 0.1) is 19.7 Å². The predicted octanol–water partition coefficient (Wildman–Crippen LogP) is 4.01. The van der Waals surface area contributed by atoms with Gasteiger partial charge >= 0.3 is 0 Å². The summed E-state index contributed by atoms with van der Waals surface area (Å²) in [5, 5.41) is 9.53. The molecule has 0 amide bonds. The van der Waals surface area contributed by atoms with Crippen molar-refractivity contribution in [3.8, 4) is 11.5 Å². The van der Waals surface area contributed by atoms with E-state index in [4.69, 9.17) is 9.47 Å². The minimum Gasteiger partial charge on any atom is -0.496 e. The third kappa shape index (κ3) is 6.12. The van der Waals surface area contributed by atoms with Crippen LogP contribution in [0.25, 0.3) is 0 Å². The molecule has 180 valence electrons. The highest BCUT2D eigenvalue weighted by Crippen LogP contribution is 2.29. The lowest BCUT2D eigenvalue weighted by Crippen LogP contribution is -2.44. The van der Waals surface area contributed by atoms with Crippen molar-refractivity contribution < 1.29 is 13.9 Å². The number of benzene rings is 2. The fraction of sp³-hybridized carbons (Fsp3) is 0.360. The molecule has 4 rings (SSSR count). The van der Waals surface area contributed by atoms with Crippen molar-refractivity contribution in [2.45, 2.75) is 13.8 Å². The molecule has 1 fully saturated rings. The van der Waals surface area contributed by atoms with Crippen LogP contribution in [0.2, 0.25) is 0 Å². The Morgan fingerprint density at radius 2 is 1.82 bits per heavy atom. The van der Waals surface area contributed by atoms with Crippen molar-refractivity contribution in [2.24, 2.45) is 0 Å². The van der Waals surface area contributed by atoms with Crippen LogP contribution >= 0.6 is 0 Å². The van der Waals surface area contributed by atoms with Crippen LogP contribution < -0.4 is 25.4 Å². The van der Waals surface area contributed by atoms with Gasteiger partial charge in [0.15, 0.2) is 11.6 Å². The third-order valence-corrected chi connectivity index (χ3v) is 5.65. The molecule has 3 aromatic rings. The van der Waals surface area contributed by atoms with Crippen LogP contribution in [0.3, 0.4) is 0 Å². The van der Waals surface area contributed by atoms with Crippen LogP contribution in [0.1, 0.15) is 11.1 Å². The summed E-state index contributed by atoms with van der Waals surface area (Å²) in [4.78, 5) is 10.8. The van der Waals surface area contributed by atoms with Crippen LogP contribution in [-0.2, 0) is 0 Å². The van der Waals surface area contributed by atoms with E-state index >= 15 is 0 Å². The smallest absolute Gasteiger partial charge is 0.229 e. The molecule has 2 heterocycles. The van der Waals surface area contributed by atoms with E-state index in [0.29, 0.717) is 6.61 Å². The lowest BCUT2D eigenvalue weighted by Gasteiger charge is -2.26. The van der Waals surface area contributed by atoms with Gasteiger partial charge in [0, 0.05) is 50.2 Å². The van der Waals surface area contributed by atoms with Crippen molar-refractivity contribution in [3.05, 3.63) is 59.5 Å². The van der Waals surface area contributed by atoms with Crippen molar-refractivity contribution >= 4 is 23.1 Å². The van der Waals surface area contributed by atoms with Crippen LogP contribution in [0.5, 0.6) is 11.5 Å². The van der Waals surface area contributed by atoms with Crippen molar-refractivity contribution in [1.29, 1.82) is 0 Å². The van der Waals surface area contributed by atoms with E-state index in [1.165, 1.54) is 0 Å². The molecular formula is C25H31FN6O2. The Kier molecular flexibility index (Phi) is 7.76. The molecule has 1 aromatic heterocycles. The van der Waals surface area contributed by atoms with Crippen molar-refractivity contribution in [1.82, 2.24) is 20.2 Å². The van der Waals surface area contributed by atoms with Gasteiger partial charge in [-0.1, -0.05) is 6.07 Å². The largest absolute Gasteiger partial charge is 0.496 e. The molecule has 0 spiro atoms. The van der Waals surface area contributed by atoms with Crippen molar-refractivity contribution in [3.63, 3.8) is 0 Å². The Bertz CT molecular complexity index is 1100. The number of ether oxygens (including phenoxy) is 2. The lowest BCUT2D eigenvalue weighted by molar-refractivity contribution is 0.191. The maximum absolute atomic E-state index is 14.4. The second-order valence-corrected chi connectivity index (χ2v) is 8.25. The van der Waals surface area contributed by atoms with Gasteiger partial charge < -0.3 is 25.4 Å². The first-order valence-electron chi connectivity index (χ1n) is 11.4. The fourth-order valence-corrected chi connectivity index (χ4v) is 4.02. The van der Waals surface area contributed by atoms with E-state index in [9.17, 15) is 4.39 Å². The minimum absolute atomic E-state index is 0.0879. The number of aromatic nitrogens is 2. The highest BCUT2D eigenvalue weighted by molar-refractivity contribution is 5.63.